The van der Waals surface area contributed by atoms with Crippen LogP contribution in [0.25, 0.3) is 0 Å². The number of nitrogens with one attached hydrogen (secondary N) is 3. The van der Waals surface area contributed by atoms with Crippen LogP contribution in [0.3, 0.4) is 0 Å². The Morgan fingerprint density at radius 3 is 2.54 bits per heavy atom. The summed E-state index contributed by atoms with van der Waals surface area (Å²) >= 11 is 13.3. The van der Waals surface area contributed by atoms with Gasteiger partial charge in [-0.3, -0.25) is 9.59 Å². The van der Waals surface area contributed by atoms with Gasteiger partial charge >= 0.3 is 5.97 Å². The summed E-state index contributed by atoms with van der Waals surface area (Å²) < 4.78 is 0. The zero-order valence-electron chi connectivity index (χ0n) is 20.1. The molecule has 1 unspecified atom stereocenters. The number of nitrogens with zero attached hydrogens (tertiary/aromatic N) is 2. The van der Waals surface area contributed by atoms with Crippen molar-refractivity contribution in [3.05, 3.63) is 67.4 Å². The molecule has 12 heteroatoms. The number of benzene rings is 1. The number of fused-ring (bicyclic) bond motifs is 1. The van der Waals surface area contributed by atoms with Gasteiger partial charge in [0.05, 0.1) is 22.2 Å². The number of halogens is 2. The second-order valence-corrected chi connectivity index (χ2v) is 11.2. The van der Waals surface area contributed by atoms with Gasteiger partial charge in [-0.25, -0.2) is 9.78 Å². The molecule has 1 aliphatic heterocycles. The maximum atomic E-state index is 12.6. The van der Waals surface area contributed by atoms with Crippen LogP contribution >= 0.6 is 34.5 Å². The number of thiazole rings is 1. The highest BCUT2D eigenvalue weighted by Crippen LogP contribution is 2.48. The Morgan fingerprint density at radius 2 is 1.92 bits per heavy atom. The Labute approximate surface area is 227 Å². The highest BCUT2D eigenvalue weighted by atomic mass is 35.5. The van der Waals surface area contributed by atoms with Crippen LogP contribution in [0, 0.1) is 25.7 Å². The van der Waals surface area contributed by atoms with E-state index >= 15 is 0 Å². The van der Waals surface area contributed by atoms with Crippen molar-refractivity contribution in [1.82, 2.24) is 20.6 Å². The molecule has 2 aromatic heterocycles. The monoisotopic (exact) mass is 561 g/mol. The number of H-pyrrole nitrogens is 1. The lowest BCUT2D eigenvalue weighted by atomic mass is 10.1. The van der Waals surface area contributed by atoms with E-state index in [0.717, 1.165) is 22.5 Å². The molecule has 0 spiro atoms. The number of amides is 2. The van der Waals surface area contributed by atoms with Gasteiger partial charge in [0, 0.05) is 43.2 Å². The molecule has 0 radical (unpaired) electrons. The average Bonchev–Trinajstić information content (AvgIpc) is 3.21. The van der Waals surface area contributed by atoms with E-state index in [2.05, 4.69) is 20.6 Å². The van der Waals surface area contributed by atoms with Crippen molar-refractivity contribution in [1.29, 1.82) is 0 Å². The molecule has 1 saturated heterocycles. The smallest absolute Gasteiger partial charge is 0.347 e. The first-order chi connectivity index (χ1) is 17.6. The molecule has 9 nitrogen and oxygen atoms in total. The van der Waals surface area contributed by atoms with Crippen molar-refractivity contribution in [3.8, 4) is 0 Å². The van der Waals surface area contributed by atoms with Gasteiger partial charge in [-0.05, 0) is 19.4 Å². The third-order valence-corrected chi connectivity index (χ3v) is 8.92. The van der Waals surface area contributed by atoms with E-state index in [-0.39, 0.29) is 57.4 Å². The first kappa shape index (κ1) is 25.6. The minimum Gasteiger partial charge on any atom is -0.477 e. The van der Waals surface area contributed by atoms with E-state index < -0.39 is 5.97 Å². The first-order valence-electron chi connectivity index (χ1n) is 11.8. The van der Waals surface area contributed by atoms with Crippen LogP contribution in [0.1, 0.15) is 42.7 Å². The van der Waals surface area contributed by atoms with E-state index in [1.165, 1.54) is 0 Å². The molecular formula is C25H25Cl2N5O4S. The summed E-state index contributed by atoms with van der Waals surface area (Å²) in [4.78, 5) is 46.5. The summed E-state index contributed by atoms with van der Waals surface area (Å²) in [5.74, 6) is -1.23. The summed E-state index contributed by atoms with van der Waals surface area (Å²) in [6, 6.07) is 7.82. The van der Waals surface area contributed by atoms with Gasteiger partial charge in [-0.1, -0.05) is 64.4 Å². The molecule has 4 N–H and O–H groups in total. The number of aromatic nitrogens is 2. The molecule has 1 aromatic carbocycles. The fraction of sp³-hybridized carbons (Fsp3) is 0.360. The molecule has 2 amide bonds. The van der Waals surface area contributed by atoms with Crippen LogP contribution < -0.4 is 15.5 Å². The number of aromatic amines is 1. The predicted octanol–water partition coefficient (Wildman–Crippen LogP) is 3.82. The number of carbonyl (C=O) groups is 3. The van der Waals surface area contributed by atoms with Gasteiger partial charge in [0.1, 0.15) is 10.6 Å². The van der Waals surface area contributed by atoms with Crippen LogP contribution in [0.2, 0.25) is 10.0 Å². The maximum Gasteiger partial charge on any atom is 0.347 e. The summed E-state index contributed by atoms with van der Waals surface area (Å²) in [7, 11) is 0. The van der Waals surface area contributed by atoms with Gasteiger partial charge in [-0.15, -0.1) is 0 Å². The zero-order chi connectivity index (χ0) is 26.4. The minimum absolute atomic E-state index is 0.00739. The number of aromatic carboxylic acids is 1. The summed E-state index contributed by atoms with van der Waals surface area (Å²) in [5, 5.41) is 16.7. The first-order valence-corrected chi connectivity index (χ1v) is 13.3. The van der Waals surface area contributed by atoms with Crippen molar-refractivity contribution in [2.75, 3.05) is 18.0 Å². The van der Waals surface area contributed by atoms with E-state index in [1.54, 1.807) is 6.92 Å². The fourth-order valence-electron chi connectivity index (χ4n) is 4.85. The van der Waals surface area contributed by atoms with Crippen molar-refractivity contribution < 1.29 is 19.5 Å². The molecule has 2 fully saturated rings. The molecule has 0 bridgehead atoms. The third-order valence-electron chi connectivity index (χ3n) is 6.82. The van der Waals surface area contributed by atoms with E-state index in [0.29, 0.717) is 35.5 Å². The standard InChI is InChI=1S/C25H25Cl2N5O4S/c1-11-4-3-5-13(6-11)8-28-17(33)7-16-22(24(35)36)37-25(30-16)32-9-14-15(10-32)20(14)31-23(34)21-19(27)18(26)12(2)29-21/h3-6,14-15,20,29H,7-10H2,1-2H3,(H,28,33)(H,31,34)(H,35,36)/t14-,15+,20?. The third kappa shape index (κ3) is 5.18. The second kappa shape index (κ2) is 10.00. The fourth-order valence-corrected chi connectivity index (χ4v) is 6.20. The highest BCUT2D eigenvalue weighted by molar-refractivity contribution is 7.17. The summed E-state index contributed by atoms with van der Waals surface area (Å²) in [6.07, 6.45) is -0.109. The number of hydrogen-bond acceptors (Lipinski definition) is 6. The van der Waals surface area contributed by atoms with Crippen molar-refractivity contribution in [2.45, 2.75) is 32.9 Å². The number of carbonyl (C=O) groups excluding carboxylic acids is 2. The summed E-state index contributed by atoms with van der Waals surface area (Å²) in [5.41, 5.74) is 3.22. The predicted molar refractivity (Wildman–Crippen MR) is 142 cm³/mol. The number of rotatable bonds is 8. The normalized spacial score (nSPS) is 20.0. The number of carboxylic acid groups (broad SMARTS) is 1. The quantitative estimate of drug-likeness (QED) is 0.331. The second-order valence-electron chi connectivity index (χ2n) is 9.50. The lowest BCUT2D eigenvalue weighted by Crippen LogP contribution is -2.35. The largest absolute Gasteiger partial charge is 0.477 e. The van der Waals surface area contributed by atoms with Crippen molar-refractivity contribution in [2.24, 2.45) is 11.8 Å². The Morgan fingerprint density at radius 1 is 1.19 bits per heavy atom. The molecule has 1 aliphatic carbocycles. The Hall–Kier alpha value is -3.08. The van der Waals surface area contributed by atoms with Crippen LogP contribution in [0.5, 0.6) is 0 Å². The minimum atomic E-state index is -1.10. The van der Waals surface area contributed by atoms with E-state index in [4.69, 9.17) is 23.2 Å². The molecule has 3 heterocycles. The van der Waals surface area contributed by atoms with Gasteiger partial charge in [0.2, 0.25) is 5.91 Å². The van der Waals surface area contributed by atoms with E-state index in [9.17, 15) is 19.5 Å². The summed E-state index contributed by atoms with van der Waals surface area (Å²) in [6.45, 7) is 5.37. The Balaban J connectivity index is 1.18. The van der Waals surface area contributed by atoms with Crippen LogP contribution in [-0.2, 0) is 17.8 Å². The van der Waals surface area contributed by atoms with Gasteiger partial charge in [-0.2, -0.15) is 0 Å². The highest BCUT2D eigenvalue weighted by Gasteiger charge is 2.57. The van der Waals surface area contributed by atoms with Crippen LogP contribution in [0.4, 0.5) is 5.13 Å². The van der Waals surface area contributed by atoms with Gasteiger partial charge in [0.25, 0.3) is 5.91 Å². The van der Waals surface area contributed by atoms with Crippen molar-refractivity contribution >= 4 is 57.5 Å². The molecule has 1 saturated carbocycles. The number of carboxylic acids is 1. The van der Waals surface area contributed by atoms with Gasteiger partial charge < -0.3 is 25.6 Å². The number of hydrogen-bond donors (Lipinski definition) is 4. The zero-order valence-corrected chi connectivity index (χ0v) is 22.4. The number of aryl methyl sites for hydroxylation is 2. The molecule has 3 atom stereocenters. The van der Waals surface area contributed by atoms with Crippen LogP contribution in [0.15, 0.2) is 24.3 Å². The van der Waals surface area contributed by atoms with E-state index in [1.807, 2.05) is 36.1 Å². The lowest BCUT2D eigenvalue weighted by Gasteiger charge is -2.19. The Bertz CT molecular complexity index is 1390. The SMILES string of the molecule is Cc1cccc(CNC(=O)Cc2nc(N3C[C@@H]4C(NC(=O)c5[nH]c(C)c(Cl)c5Cl)[C@@H]4C3)sc2C(=O)O)c1. The molecular weight excluding hydrogens is 537 g/mol. The van der Waals surface area contributed by atoms with Crippen LogP contribution in [-0.4, -0.2) is 52.0 Å². The molecule has 2 aliphatic rings. The van der Waals surface area contributed by atoms with Crippen molar-refractivity contribution in [3.63, 3.8) is 0 Å². The average molecular weight is 562 g/mol. The Kier molecular flexibility index (Phi) is 6.91. The molecule has 194 valence electrons. The topological polar surface area (TPSA) is 127 Å². The number of anilines is 1. The maximum absolute atomic E-state index is 12.6. The lowest BCUT2D eigenvalue weighted by molar-refractivity contribution is -0.120. The molecule has 3 aromatic rings. The molecule has 5 rings (SSSR count). The van der Waals surface area contributed by atoms with Gasteiger partial charge in [0.15, 0.2) is 5.13 Å². The molecule has 37 heavy (non-hydrogen) atoms. The number of piperidine rings is 1.